The van der Waals surface area contributed by atoms with Crippen molar-refractivity contribution in [2.24, 2.45) is 5.92 Å². The highest BCUT2D eigenvalue weighted by Crippen LogP contribution is 2.25. The zero-order chi connectivity index (χ0) is 14.5. The molecule has 0 heterocycles. The summed E-state index contributed by atoms with van der Waals surface area (Å²) in [4.78, 5) is 23.3. The quantitative estimate of drug-likeness (QED) is 0.879. The number of hydrogen-bond donors (Lipinski definition) is 2. The first-order valence-corrected chi connectivity index (χ1v) is 6.65. The maximum absolute atomic E-state index is 12.1. The lowest BCUT2D eigenvalue weighted by Crippen LogP contribution is -2.45. The molecule has 1 aromatic carbocycles. The van der Waals surface area contributed by atoms with Gasteiger partial charge in [0.1, 0.15) is 0 Å². The average Bonchev–Trinajstić information content (AvgIpc) is 2.47. The monoisotopic (exact) mass is 272 g/mol. The number of hydrogen-bond acceptors (Lipinski definition) is 3. The van der Waals surface area contributed by atoms with E-state index in [2.05, 4.69) is 5.32 Å². The van der Waals surface area contributed by atoms with Crippen molar-refractivity contribution >= 4 is 11.9 Å². The normalized spacial score (nSPS) is 21.8. The second-order valence-corrected chi connectivity index (χ2v) is 5.00. The molecular formula is C15H16N2O3. The van der Waals surface area contributed by atoms with Crippen LogP contribution >= 0.6 is 0 Å². The second-order valence-electron chi connectivity index (χ2n) is 5.00. The fraction of sp³-hybridized carbons (Fsp3) is 0.400. The SMILES string of the molecule is N#Cc1ccc(C(=O)NC2CCCCC2C(=O)O)cc1. The number of aliphatic carboxylic acids is 1. The average molecular weight is 272 g/mol. The number of amides is 1. The lowest BCUT2D eigenvalue weighted by molar-refractivity contribution is -0.143. The molecule has 2 N–H and O–H groups in total. The number of nitriles is 1. The summed E-state index contributed by atoms with van der Waals surface area (Å²) in [5.41, 5.74) is 0.932. The minimum atomic E-state index is -0.852. The summed E-state index contributed by atoms with van der Waals surface area (Å²) in [6.07, 6.45) is 3.12. The topological polar surface area (TPSA) is 90.2 Å². The highest BCUT2D eigenvalue weighted by molar-refractivity contribution is 5.94. The molecule has 1 saturated carbocycles. The van der Waals surface area contributed by atoms with Crippen LogP contribution in [0.2, 0.25) is 0 Å². The van der Waals surface area contributed by atoms with E-state index in [9.17, 15) is 14.7 Å². The number of rotatable bonds is 3. The highest BCUT2D eigenvalue weighted by Gasteiger charge is 2.31. The molecule has 2 unspecified atom stereocenters. The van der Waals surface area contributed by atoms with Gasteiger partial charge in [0.15, 0.2) is 0 Å². The fourth-order valence-electron chi connectivity index (χ4n) is 2.55. The molecule has 1 aliphatic carbocycles. The molecular weight excluding hydrogens is 256 g/mol. The standard InChI is InChI=1S/C15H16N2O3/c16-9-10-5-7-11(8-6-10)14(18)17-13-4-2-1-3-12(13)15(19)20/h5-8,12-13H,1-4H2,(H,17,18)(H,19,20). The van der Waals surface area contributed by atoms with Crippen molar-refractivity contribution in [1.29, 1.82) is 5.26 Å². The van der Waals surface area contributed by atoms with Crippen molar-refractivity contribution < 1.29 is 14.7 Å². The number of nitrogens with zero attached hydrogens (tertiary/aromatic N) is 1. The summed E-state index contributed by atoms with van der Waals surface area (Å²) < 4.78 is 0. The predicted molar refractivity (Wildman–Crippen MR) is 72.0 cm³/mol. The lowest BCUT2D eigenvalue weighted by Gasteiger charge is -2.29. The van der Waals surface area contributed by atoms with Gasteiger partial charge in [-0.2, -0.15) is 5.26 Å². The third-order valence-electron chi connectivity index (χ3n) is 3.68. The molecule has 0 bridgehead atoms. The molecule has 5 nitrogen and oxygen atoms in total. The van der Waals surface area contributed by atoms with Crippen LogP contribution in [0.4, 0.5) is 0 Å². The predicted octanol–water partition coefficient (Wildman–Crippen LogP) is 1.93. The second kappa shape index (κ2) is 6.20. The smallest absolute Gasteiger partial charge is 0.308 e. The van der Waals surface area contributed by atoms with Crippen LogP contribution in [-0.4, -0.2) is 23.0 Å². The van der Waals surface area contributed by atoms with E-state index in [-0.39, 0.29) is 11.9 Å². The first kappa shape index (κ1) is 14.1. The van der Waals surface area contributed by atoms with Crippen molar-refractivity contribution in [3.05, 3.63) is 35.4 Å². The van der Waals surface area contributed by atoms with Crippen molar-refractivity contribution in [2.75, 3.05) is 0 Å². The number of carbonyl (C=O) groups is 2. The molecule has 1 fully saturated rings. The van der Waals surface area contributed by atoms with E-state index in [1.54, 1.807) is 24.3 Å². The van der Waals surface area contributed by atoms with Crippen molar-refractivity contribution in [2.45, 2.75) is 31.7 Å². The summed E-state index contributed by atoms with van der Waals surface area (Å²) in [7, 11) is 0. The van der Waals surface area contributed by atoms with E-state index in [1.807, 2.05) is 6.07 Å². The van der Waals surface area contributed by atoms with E-state index in [0.29, 0.717) is 24.0 Å². The summed E-state index contributed by atoms with van der Waals surface area (Å²) in [6.45, 7) is 0. The van der Waals surface area contributed by atoms with Crippen molar-refractivity contribution in [3.63, 3.8) is 0 Å². The summed E-state index contributed by atoms with van der Waals surface area (Å²) in [5, 5.41) is 20.7. The van der Waals surface area contributed by atoms with E-state index in [4.69, 9.17) is 5.26 Å². The summed E-state index contributed by atoms with van der Waals surface area (Å²) in [6, 6.07) is 7.97. The maximum Gasteiger partial charge on any atom is 0.308 e. The Morgan fingerprint density at radius 3 is 2.45 bits per heavy atom. The van der Waals surface area contributed by atoms with Crippen LogP contribution in [-0.2, 0) is 4.79 Å². The maximum atomic E-state index is 12.1. The molecule has 5 heteroatoms. The Morgan fingerprint density at radius 2 is 1.85 bits per heavy atom. The van der Waals surface area contributed by atoms with E-state index in [1.165, 1.54) is 0 Å². The number of nitrogens with one attached hydrogen (secondary N) is 1. The molecule has 1 aromatic rings. The van der Waals surface area contributed by atoms with Gasteiger partial charge in [-0.25, -0.2) is 0 Å². The molecule has 0 radical (unpaired) electrons. The molecule has 1 aliphatic rings. The number of carboxylic acid groups (broad SMARTS) is 1. The Balaban J connectivity index is 2.05. The van der Waals surface area contributed by atoms with Gasteiger partial charge >= 0.3 is 5.97 Å². The lowest BCUT2D eigenvalue weighted by atomic mass is 9.84. The summed E-state index contributed by atoms with van der Waals surface area (Å²) >= 11 is 0. The van der Waals surface area contributed by atoms with Gasteiger partial charge < -0.3 is 10.4 Å². The number of carbonyl (C=O) groups excluding carboxylic acids is 1. The van der Waals surface area contributed by atoms with Gasteiger partial charge in [-0.05, 0) is 37.1 Å². The third kappa shape index (κ3) is 3.15. The largest absolute Gasteiger partial charge is 0.481 e. The van der Waals surface area contributed by atoms with Gasteiger partial charge in [-0.1, -0.05) is 12.8 Å². The van der Waals surface area contributed by atoms with Crippen LogP contribution in [0.25, 0.3) is 0 Å². The van der Waals surface area contributed by atoms with Gasteiger partial charge in [-0.15, -0.1) is 0 Å². The molecule has 2 atom stereocenters. The van der Waals surface area contributed by atoms with Crippen LogP contribution < -0.4 is 5.32 Å². The minimum Gasteiger partial charge on any atom is -0.481 e. The molecule has 0 aliphatic heterocycles. The highest BCUT2D eigenvalue weighted by atomic mass is 16.4. The van der Waals surface area contributed by atoms with Crippen LogP contribution in [0.15, 0.2) is 24.3 Å². The van der Waals surface area contributed by atoms with Gasteiger partial charge in [0.25, 0.3) is 5.91 Å². The molecule has 0 spiro atoms. The zero-order valence-corrected chi connectivity index (χ0v) is 11.0. The van der Waals surface area contributed by atoms with E-state index in [0.717, 1.165) is 12.8 Å². The van der Waals surface area contributed by atoms with E-state index >= 15 is 0 Å². The first-order valence-electron chi connectivity index (χ1n) is 6.65. The minimum absolute atomic E-state index is 0.285. The number of carboxylic acids is 1. The Kier molecular flexibility index (Phi) is 4.36. The van der Waals surface area contributed by atoms with Gasteiger partial charge in [0, 0.05) is 11.6 Å². The Morgan fingerprint density at radius 1 is 1.20 bits per heavy atom. The third-order valence-corrected chi connectivity index (χ3v) is 3.68. The Labute approximate surface area is 117 Å². The van der Waals surface area contributed by atoms with Gasteiger partial charge in [-0.3, -0.25) is 9.59 Å². The van der Waals surface area contributed by atoms with Crippen LogP contribution in [0.3, 0.4) is 0 Å². The van der Waals surface area contributed by atoms with Crippen LogP contribution in [0.5, 0.6) is 0 Å². The fourth-order valence-corrected chi connectivity index (χ4v) is 2.55. The van der Waals surface area contributed by atoms with Crippen molar-refractivity contribution in [1.82, 2.24) is 5.32 Å². The molecule has 20 heavy (non-hydrogen) atoms. The first-order chi connectivity index (χ1) is 9.61. The summed E-state index contributed by atoms with van der Waals surface area (Å²) in [5.74, 6) is -1.64. The van der Waals surface area contributed by atoms with Crippen LogP contribution in [0.1, 0.15) is 41.6 Å². The molecule has 104 valence electrons. The van der Waals surface area contributed by atoms with E-state index < -0.39 is 11.9 Å². The molecule has 0 saturated heterocycles. The van der Waals surface area contributed by atoms with Crippen LogP contribution in [0, 0.1) is 17.2 Å². The molecule has 0 aromatic heterocycles. The molecule has 1 amide bonds. The van der Waals surface area contributed by atoms with Gasteiger partial charge in [0.2, 0.25) is 0 Å². The van der Waals surface area contributed by atoms with Crippen molar-refractivity contribution in [3.8, 4) is 6.07 Å². The Hall–Kier alpha value is -2.35. The Bertz CT molecular complexity index is 545. The molecule has 2 rings (SSSR count). The van der Waals surface area contributed by atoms with Gasteiger partial charge in [0.05, 0.1) is 17.6 Å². The zero-order valence-electron chi connectivity index (χ0n) is 11.0. The number of benzene rings is 1.